The smallest absolute Gasteiger partial charge is 0.188 e. The second kappa shape index (κ2) is 6.35. The third kappa shape index (κ3) is 3.56. The number of thioether (sulfide) groups is 1. The van der Waals surface area contributed by atoms with Gasteiger partial charge in [0.25, 0.3) is 0 Å². The van der Waals surface area contributed by atoms with Crippen molar-refractivity contribution in [3.8, 4) is 0 Å². The third-order valence-electron chi connectivity index (χ3n) is 3.05. The van der Waals surface area contributed by atoms with E-state index >= 15 is 0 Å². The molecule has 0 fully saturated rings. The highest BCUT2D eigenvalue weighted by molar-refractivity contribution is 7.99. The van der Waals surface area contributed by atoms with Gasteiger partial charge in [-0.1, -0.05) is 42.1 Å². The number of benzene rings is 1. The monoisotopic (exact) mass is 289 g/mol. The lowest BCUT2D eigenvalue weighted by Gasteiger charge is -2.26. The van der Waals surface area contributed by atoms with Crippen LogP contribution in [0, 0.1) is 13.8 Å². The van der Waals surface area contributed by atoms with Crippen molar-refractivity contribution in [1.82, 2.24) is 9.97 Å². The average molecular weight is 289 g/mol. The van der Waals surface area contributed by atoms with E-state index in [1.807, 2.05) is 50.2 Å². The van der Waals surface area contributed by atoms with Crippen molar-refractivity contribution in [2.45, 2.75) is 24.6 Å². The number of nitrogens with zero attached hydrogens (tertiary/aromatic N) is 2. The minimum Gasteiger partial charge on any atom is -0.383 e. The molecule has 0 bridgehead atoms. The van der Waals surface area contributed by atoms with Crippen LogP contribution in [0.2, 0.25) is 0 Å². The Hall–Kier alpha value is -1.43. The van der Waals surface area contributed by atoms with Crippen molar-refractivity contribution in [1.29, 1.82) is 0 Å². The Morgan fingerprint density at radius 1 is 1.15 bits per heavy atom. The first kappa shape index (κ1) is 15.0. The third-order valence-corrected chi connectivity index (χ3v) is 4.11. The molecule has 1 aromatic heterocycles. The first-order valence-corrected chi connectivity index (χ1v) is 7.45. The standard InChI is InChI=1S/C15H19N3OS/c1-11-8-12(2)18-14(17-11)20-10-15(19,9-16)13-6-4-3-5-7-13/h3-8,19H,9-10,16H2,1-2H3. The second-order valence-electron chi connectivity index (χ2n) is 4.82. The van der Waals surface area contributed by atoms with Crippen molar-refractivity contribution in [3.63, 3.8) is 0 Å². The van der Waals surface area contributed by atoms with E-state index in [1.54, 1.807) is 0 Å². The summed E-state index contributed by atoms with van der Waals surface area (Å²) in [7, 11) is 0. The van der Waals surface area contributed by atoms with Crippen LogP contribution in [0.3, 0.4) is 0 Å². The molecule has 5 heteroatoms. The summed E-state index contributed by atoms with van der Waals surface area (Å²) in [5.74, 6) is 0.427. The van der Waals surface area contributed by atoms with E-state index in [9.17, 15) is 5.11 Å². The summed E-state index contributed by atoms with van der Waals surface area (Å²) in [5, 5.41) is 11.4. The van der Waals surface area contributed by atoms with Crippen LogP contribution in [-0.2, 0) is 5.60 Å². The predicted octanol–water partition coefficient (Wildman–Crippen LogP) is 2.03. The fourth-order valence-electron chi connectivity index (χ4n) is 1.95. The molecule has 0 saturated carbocycles. The summed E-state index contributed by atoms with van der Waals surface area (Å²) in [6, 6.07) is 11.4. The molecule has 0 aliphatic rings. The summed E-state index contributed by atoms with van der Waals surface area (Å²) in [4.78, 5) is 8.73. The van der Waals surface area contributed by atoms with E-state index in [-0.39, 0.29) is 6.54 Å². The molecule has 106 valence electrons. The number of aryl methyl sites for hydroxylation is 2. The van der Waals surface area contributed by atoms with Gasteiger partial charge < -0.3 is 10.8 Å². The molecule has 1 heterocycles. The lowest BCUT2D eigenvalue weighted by atomic mass is 9.96. The average Bonchev–Trinajstić information content (AvgIpc) is 2.45. The molecule has 0 aliphatic heterocycles. The van der Waals surface area contributed by atoms with Gasteiger partial charge in [-0.25, -0.2) is 9.97 Å². The lowest BCUT2D eigenvalue weighted by molar-refractivity contribution is 0.0720. The maximum atomic E-state index is 10.7. The van der Waals surface area contributed by atoms with Gasteiger partial charge in [0, 0.05) is 23.7 Å². The fourth-order valence-corrected chi connectivity index (χ4v) is 3.02. The van der Waals surface area contributed by atoms with Gasteiger partial charge in [0.2, 0.25) is 0 Å². The molecule has 3 N–H and O–H groups in total. The zero-order valence-electron chi connectivity index (χ0n) is 11.7. The lowest BCUT2D eigenvalue weighted by Crippen LogP contribution is -2.37. The van der Waals surface area contributed by atoms with Crippen molar-refractivity contribution in [2.75, 3.05) is 12.3 Å². The molecule has 0 saturated heterocycles. The molecule has 1 aromatic carbocycles. The van der Waals surface area contributed by atoms with Crippen molar-refractivity contribution < 1.29 is 5.11 Å². The molecule has 2 aromatic rings. The Kier molecular flexibility index (Phi) is 4.75. The first-order valence-electron chi connectivity index (χ1n) is 6.46. The fraction of sp³-hybridized carbons (Fsp3) is 0.333. The number of aliphatic hydroxyl groups is 1. The Balaban J connectivity index is 2.15. The van der Waals surface area contributed by atoms with Crippen LogP contribution < -0.4 is 5.73 Å². The molecule has 2 rings (SSSR count). The maximum absolute atomic E-state index is 10.7. The van der Waals surface area contributed by atoms with E-state index in [0.717, 1.165) is 17.0 Å². The van der Waals surface area contributed by atoms with E-state index in [1.165, 1.54) is 11.8 Å². The maximum Gasteiger partial charge on any atom is 0.188 e. The van der Waals surface area contributed by atoms with Crippen molar-refractivity contribution in [3.05, 3.63) is 53.3 Å². The Bertz CT molecular complexity index is 556. The predicted molar refractivity (Wildman–Crippen MR) is 81.6 cm³/mol. The van der Waals surface area contributed by atoms with Crippen LogP contribution in [0.5, 0.6) is 0 Å². The number of aromatic nitrogens is 2. The SMILES string of the molecule is Cc1cc(C)nc(SCC(O)(CN)c2ccccc2)n1. The van der Waals surface area contributed by atoms with Crippen molar-refractivity contribution >= 4 is 11.8 Å². The molecule has 4 nitrogen and oxygen atoms in total. The largest absolute Gasteiger partial charge is 0.383 e. The van der Waals surface area contributed by atoms with Crippen LogP contribution in [-0.4, -0.2) is 27.4 Å². The molecular formula is C15H19N3OS. The summed E-state index contributed by atoms with van der Waals surface area (Å²) in [6.45, 7) is 4.03. The van der Waals surface area contributed by atoms with E-state index in [4.69, 9.17) is 5.73 Å². The zero-order valence-corrected chi connectivity index (χ0v) is 12.5. The number of hydrogen-bond acceptors (Lipinski definition) is 5. The highest BCUT2D eigenvalue weighted by atomic mass is 32.2. The minimum atomic E-state index is -1.06. The Morgan fingerprint density at radius 2 is 1.75 bits per heavy atom. The summed E-state index contributed by atoms with van der Waals surface area (Å²) < 4.78 is 0. The molecule has 1 atom stereocenters. The van der Waals surface area contributed by atoms with Gasteiger partial charge in [0.1, 0.15) is 5.60 Å². The van der Waals surface area contributed by atoms with Gasteiger partial charge in [-0.3, -0.25) is 0 Å². The van der Waals surface area contributed by atoms with Gasteiger partial charge in [-0.2, -0.15) is 0 Å². The van der Waals surface area contributed by atoms with Gasteiger partial charge in [-0.05, 0) is 25.5 Å². The molecular weight excluding hydrogens is 270 g/mol. The van der Waals surface area contributed by atoms with Crippen LogP contribution >= 0.6 is 11.8 Å². The molecule has 20 heavy (non-hydrogen) atoms. The van der Waals surface area contributed by atoms with E-state index < -0.39 is 5.60 Å². The van der Waals surface area contributed by atoms with E-state index in [0.29, 0.717) is 10.9 Å². The minimum absolute atomic E-state index is 0.162. The van der Waals surface area contributed by atoms with Gasteiger partial charge >= 0.3 is 0 Å². The van der Waals surface area contributed by atoms with Crippen LogP contribution in [0.4, 0.5) is 0 Å². The summed E-state index contributed by atoms with van der Waals surface area (Å²) in [6.07, 6.45) is 0. The number of hydrogen-bond donors (Lipinski definition) is 2. The number of rotatable bonds is 5. The van der Waals surface area contributed by atoms with Crippen LogP contribution in [0.25, 0.3) is 0 Å². The quantitative estimate of drug-likeness (QED) is 0.651. The molecule has 0 radical (unpaired) electrons. The Morgan fingerprint density at radius 3 is 2.30 bits per heavy atom. The van der Waals surface area contributed by atoms with Crippen molar-refractivity contribution in [2.24, 2.45) is 5.73 Å². The molecule has 1 unspecified atom stereocenters. The van der Waals surface area contributed by atoms with Gasteiger partial charge in [-0.15, -0.1) is 0 Å². The summed E-state index contributed by atoms with van der Waals surface area (Å²) >= 11 is 1.42. The van der Waals surface area contributed by atoms with Crippen LogP contribution in [0.1, 0.15) is 17.0 Å². The van der Waals surface area contributed by atoms with E-state index in [2.05, 4.69) is 9.97 Å². The normalized spacial score (nSPS) is 14.0. The zero-order chi connectivity index (χ0) is 14.6. The number of nitrogens with two attached hydrogens (primary N) is 1. The first-order chi connectivity index (χ1) is 9.53. The molecule has 0 spiro atoms. The van der Waals surface area contributed by atoms with Gasteiger partial charge in [0.05, 0.1) is 0 Å². The Labute approximate surface area is 123 Å². The second-order valence-corrected chi connectivity index (χ2v) is 5.77. The molecule has 0 aliphatic carbocycles. The van der Waals surface area contributed by atoms with Gasteiger partial charge in [0.15, 0.2) is 5.16 Å². The highest BCUT2D eigenvalue weighted by Crippen LogP contribution is 2.27. The topological polar surface area (TPSA) is 72.0 Å². The molecule has 0 amide bonds. The highest BCUT2D eigenvalue weighted by Gasteiger charge is 2.28. The summed E-state index contributed by atoms with van der Waals surface area (Å²) in [5.41, 5.74) is 7.37. The van der Waals surface area contributed by atoms with Crippen LogP contribution in [0.15, 0.2) is 41.6 Å².